The van der Waals surface area contributed by atoms with E-state index in [2.05, 4.69) is 67.8 Å². The number of hydrogen-bond acceptors (Lipinski definition) is 8. The van der Waals surface area contributed by atoms with Crippen molar-refractivity contribution in [1.82, 2.24) is 5.32 Å². The highest BCUT2D eigenvalue weighted by molar-refractivity contribution is 5.76. The average Bonchev–Trinajstić information content (AvgIpc) is 3.10. The largest absolute Gasteiger partial charge is 0.394 e. The van der Waals surface area contributed by atoms with Gasteiger partial charge in [-0.3, -0.25) is 4.79 Å². The number of ether oxygens (including phenoxy) is 2. The molecule has 0 aromatic carbocycles. The average molecular weight is 692 g/mol. The van der Waals surface area contributed by atoms with Gasteiger partial charge in [0.05, 0.1) is 25.4 Å². The third kappa shape index (κ3) is 22.4. The molecule has 7 unspecified atom stereocenters. The van der Waals surface area contributed by atoms with Crippen LogP contribution in [0.5, 0.6) is 0 Å². The highest BCUT2D eigenvalue weighted by Gasteiger charge is 2.44. The van der Waals surface area contributed by atoms with Gasteiger partial charge in [-0.25, -0.2) is 0 Å². The molecular formula is C40H69NO8. The van der Waals surface area contributed by atoms with E-state index in [1.807, 2.05) is 6.08 Å². The second kappa shape index (κ2) is 30.7. The van der Waals surface area contributed by atoms with E-state index in [0.717, 1.165) is 83.5 Å². The van der Waals surface area contributed by atoms with Crippen LogP contribution in [0.4, 0.5) is 0 Å². The van der Waals surface area contributed by atoms with Gasteiger partial charge in [-0.05, 0) is 57.8 Å². The maximum Gasteiger partial charge on any atom is 0.220 e. The standard InChI is InChI=1S/C40H69NO8/c1-3-5-7-9-10-11-12-13-14-15-16-17-18-19-20-21-22-23-24-26-28-30-36(44)41-33(34(43)29-27-25-8-6-4-2)32-48-40-39(47)38(46)37(45)35(31-42)49-40/h5,7,10-11,13-14,16-17,27,29,33-35,37-40,42-43,45-47H,3-4,6,8-9,12,15,18-26,28,30-32H2,1-2H3,(H,41,44)/b7-5-,11-10-,14-13-,17-16-,29-27+. The Morgan fingerprint density at radius 2 is 1.27 bits per heavy atom. The summed E-state index contributed by atoms with van der Waals surface area (Å²) < 4.78 is 11.1. The third-order valence-corrected chi connectivity index (χ3v) is 8.60. The Kier molecular flexibility index (Phi) is 28.1. The molecule has 0 aliphatic carbocycles. The molecule has 282 valence electrons. The zero-order valence-electron chi connectivity index (χ0n) is 30.4. The summed E-state index contributed by atoms with van der Waals surface area (Å²) >= 11 is 0. The van der Waals surface area contributed by atoms with Crippen LogP contribution in [0.25, 0.3) is 0 Å². The molecule has 1 fully saturated rings. The normalized spacial score (nSPS) is 23.1. The van der Waals surface area contributed by atoms with Crippen molar-refractivity contribution in [3.63, 3.8) is 0 Å². The first kappa shape index (κ1) is 44.9. The van der Waals surface area contributed by atoms with Crippen LogP contribution in [0.2, 0.25) is 0 Å². The van der Waals surface area contributed by atoms with E-state index < -0.39 is 49.5 Å². The van der Waals surface area contributed by atoms with E-state index in [-0.39, 0.29) is 12.5 Å². The Hall–Kier alpha value is -2.11. The molecule has 9 nitrogen and oxygen atoms in total. The van der Waals surface area contributed by atoms with Crippen LogP contribution in [0.1, 0.15) is 129 Å². The molecule has 1 rings (SSSR count). The minimum absolute atomic E-state index is 0.197. The van der Waals surface area contributed by atoms with Gasteiger partial charge in [0.1, 0.15) is 24.4 Å². The van der Waals surface area contributed by atoms with Crippen molar-refractivity contribution >= 4 is 5.91 Å². The quantitative estimate of drug-likeness (QED) is 0.0385. The topological polar surface area (TPSA) is 149 Å². The number of nitrogens with one attached hydrogen (secondary N) is 1. The molecule has 0 spiro atoms. The number of rotatable bonds is 29. The van der Waals surface area contributed by atoms with Crippen LogP contribution >= 0.6 is 0 Å². The van der Waals surface area contributed by atoms with Gasteiger partial charge in [0.25, 0.3) is 0 Å². The number of carbonyl (C=O) groups excluding carboxylic acids is 1. The molecule has 7 atom stereocenters. The van der Waals surface area contributed by atoms with E-state index in [1.54, 1.807) is 6.08 Å². The SMILES string of the molecule is CC/C=C\C/C=C\C/C=C\C/C=C\CCCCCCCCCCC(=O)NC(COC1OC(CO)C(O)C(O)C1O)C(O)/C=C/CCCCC. The van der Waals surface area contributed by atoms with Crippen molar-refractivity contribution in [2.75, 3.05) is 13.2 Å². The number of aliphatic hydroxyl groups excluding tert-OH is 5. The predicted octanol–water partition coefficient (Wildman–Crippen LogP) is 6.49. The molecule has 1 aliphatic rings. The Bertz CT molecular complexity index is 947. The first-order valence-electron chi connectivity index (χ1n) is 19.0. The van der Waals surface area contributed by atoms with E-state index in [9.17, 15) is 30.3 Å². The molecule has 0 aromatic rings. The second-order valence-electron chi connectivity index (χ2n) is 13.0. The fourth-order valence-corrected chi connectivity index (χ4v) is 5.50. The molecule has 49 heavy (non-hydrogen) atoms. The maximum absolute atomic E-state index is 12.8. The Labute approximate surface area is 296 Å². The summed E-state index contributed by atoms with van der Waals surface area (Å²) in [5, 5.41) is 53.5. The van der Waals surface area contributed by atoms with Gasteiger partial charge in [0, 0.05) is 6.42 Å². The lowest BCUT2D eigenvalue weighted by Crippen LogP contribution is -2.60. The van der Waals surface area contributed by atoms with Crippen molar-refractivity contribution in [3.8, 4) is 0 Å². The van der Waals surface area contributed by atoms with Gasteiger partial charge < -0.3 is 40.3 Å². The predicted molar refractivity (Wildman–Crippen MR) is 198 cm³/mol. The van der Waals surface area contributed by atoms with Gasteiger partial charge in [-0.2, -0.15) is 0 Å². The van der Waals surface area contributed by atoms with Crippen LogP contribution in [0.3, 0.4) is 0 Å². The van der Waals surface area contributed by atoms with Crippen molar-refractivity contribution < 1.29 is 39.8 Å². The molecule has 0 radical (unpaired) electrons. The Morgan fingerprint density at radius 3 is 1.88 bits per heavy atom. The van der Waals surface area contributed by atoms with E-state index in [4.69, 9.17) is 9.47 Å². The molecule has 9 heteroatoms. The summed E-state index contributed by atoms with van der Waals surface area (Å²) in [6, 6.07) is -0.807. The van der Waals surface area contributed by atoms with Crippen LogP contribution in [0, 0.1) is 0 Å². The molecule has 1 heterocycles. The van der Waals surface area contributed by atoms with Gasteiger partial charge >= 0.3 is 0 Å². The molecule has 1 aliphatic heterocycles. The zero-order chi connectivity index (χ0) is 36.0. The van der Waals surface area contributed by atoms with Crippen molar-refractivity contribution in [2.45, 2.75) is 172 Å². The minimum Gasteiger partial charge on any atom is -0.394 e. The summed E-state index contributed by atoms with van der Waals surface area (Å²) in [7, 11) is 0. The summed E-state index contributed by atoms with van der Waals surface area (Å²) in [5.74, 6) is -0.198. The number of aliphatic hydroxyl groups is 5. The van der Waals surface area contributed by atoms with Gasteiger partial charge in [-0.15, -0.1) is 0 Å². The first-order valence-corrected chi connectivity index (χ1v) is 19.0. The fourth-order valence-electron chi connectivity index (χ4n) is 5.50. The molecule has 1 saturated heterocycles. The highest BCUT2D eigenvalue weighted by atomic mass is 16.7. The number of carbonyl (C=O) groups is 1. The Balaban J connectivity index is 2.27. The fraction of sp³-hybridized carbons (Fsp3) is 0.725. The van der Waals surface area contributed by atoms with Crippen LogP contribution < -0.4 is 5.32 Å². The Morgan fingerprint density at radius 1 is 0.714 bits per heavy atom. The summed E-state index contributed by atoms with van der Waals surface area (Å²) in [6.07, 6.45) is 31.7. The molecule has 0 bridgehead atoms. The lowest BCUT2D eigenvalue weighted by Gasteiger charge is -2.40. The third-order valence-electron chi connectivity index (χ3n) is 8.60. The zero-order valence-corrected chi connectivity index (χ0v) is 30.4. The second-order valence-corrected chi connectivity index (χ2v) is 13.0. The van der Waals surface area contributed by atoms with Crippen LogP contribution in [-0.2, 0) is 14.3 Å². The van der Waals surface area contributed by atoms with E-state index >= 15 is 0 Å². The smallest absolute Gasteiger partial charge is 0.220 e. The van der Waals surface area contributed by atoms with Crippen molar-refractivity contribution in [1.29, 1.82) is 0 Å². The van der Waals surface area contributed by atoms with Gasteiger partial charge in [0.2, 0.25) is 5.91 Å². The van der Waals surface area contributed by atoms with E-state index in [0.29, 0.717) is 6.42 Å². The molecule has 0 aromatic heterocycles. The number of allylic oxidation sites excluding steroid dienone is 9. The summed E-state index contributed by atoms with van der Waals surface area (Å²) in [6.45, 7) is 3.50. The lowest BCUT2D eigenvalue weighted by atomic mass is 9.99. The van der Waals surface area contributed by atoms with Crippen LogP contribution in [0.15, 0.2) is 60.8 Å². The van der Waals surface area contributed by atoms with Gasteiger partial charge in [-0.1, -0.05) is 126 Å². The molecule has 1 amide bonds. The molecule has 0 saturated carbocycles. The van der Waals surface area contributed by atoms with Crippen LogP contribution in [-0.4, -0.2) is 87.5 Å². The lowest BCUT2D eigenvalue weighted by molar-refractivity contribution is -0.302. The number of hydrogen-bond donors (Lipinski definition) is 6. The first-order chi connectivity index (χ1) is 23.8. The maximum atomic E-state index is 12.8. The van der Waals surface area contributed by atoms with Crippen molar-refractivity contribution in [2.24, 2.45) is 0 Å². The monoisotopic (exact) mass is 692 g/mol. The van der Waals surface area contributed by atoms with Crippen molar-refractivity contribution in [3.05, 3.63) is 60.8 Å². The summed E-state index contributed by atoms with van der Waals surface area (Å²) in [5.41, 5.74) is 0. The number of amides is 1. The minimum atomic E-state index is -1.57. The molecular weight excluding hydrogens is 622 g/mol. The number of unbranched alkanes of at least 4 members (excludes halogenated alkanes) is 11. The van der Waals surface area contributed by atoms with Gasteiger partial charge in [0.15, 0.2) is 6.29 Å². The van der Waals surface area contributed by atoms with E-state index in [1.165, 1.54) is 25.7 Å². The summed E-state index contributed by atoms with van der Waals surface area (Å²) in [4.78, 5) is 12.8. The highest BCUT2D eigenvalue weighted by Crippen LogP contribution is 2.22. The molecule has 6 N–H and O–H groups in total.